The molecule has 2 aromatic carbocycles. The van der Waals surface area contributed by atoms with Crippen LogP contribution in [-0.4, -0.2) is 5.91 Å². The molecular formula is C17H20N2O2. The largest absolute Gasteiger partial charge is 0.456 e. The summed E-state index contributed by atoms with van der Waals surface area (Å²) < 4.78 is 5.81. The Morgan fingerprint density at radius 2 is 1.81 bits per heavy atom. The van der Waals surface area contributed by atoms with E-state index in [-0.39, 0.29) is 5.41 Å². The maximum atomic E-state index is 11.5. The molecule has 0 radical (unpaired) electrons. The van der Waals surface area contributed by atoms with Gasteiger partial charge in [-0.3, -0.25) is 4.79 Å². The van der Waals surface area contributed by atoms with Crippen LogP contribution >= 0.6 is 0 Å². The number of nitrogen functional groups attached to an aromatic ring is 1. The van der Waals surface area contributed by atoms with Crippen molar-refractivity contribution in [1.82, 2.24) is 0 Å². The maximum Gasteiger partial charge on any atom is 0.252 e. The van der Waals surface area contributed by atoms with Gasteiger partial charge in [-0.1, -0.05) is 32.9 Å². The maximum absolute atomic E-state index is 11.5. The van der Waals surface area contributed by atoms with Crippen LogP contribution in [0.15, 0.2) is 42.5 Å². The van der Waals surface area contributed by atoms with Gasteiger partial charge in [-0.2, -0.15) is 0 Å². The molecule has 0 fully saturated rings. The molecule has 0 aliphatic heterocycles. The monoisotopic (exact) mass is 284 g/mol. The standard InChI is InChI=1S/C17H20N2O2/c1-17(2,3)11-5-4-6-13(9-11)21-15-10-12(18)7-8-14(15)16(19)20/h4-10H,18H2,1-3H3,(H2,19,20). The summed E-state index contributed by atoms with van der Waals surface area (Å²) in [5, 5.41) is 0. The average Bonchev–Trinajstić information content (AvgIpc) is 2.37. The zero-order chi connectivity index (χ0) is 15.6. The average molecular weight is 284 g/mol. The third-order valence-corrected chi connectivity index (χ3v) is 3.20. The zero-order valence-electron chi connectivity index (χ0n) is 12.5. The minimum absolute atomic E-state index is 0.0155. The lowest BCUT2D eigenvalue weighted by molar-refractivity contribution is 0.0998. The van der Waals surface area contributed by atoms with Crippen molar-refractivity contribution in [1.29, 1.82) is 0 Å². The lowest BCUT2D eigenvalue weighted by Crippen LogP contribution is -2.13. The highest BCUT2D eigenvalue weighted by molar-refractivity contribution is 5.96. The van der Waals surface area contributed by atoms with E-state index in [9.17, 15) is 4.79 Å². The zero-order valence-corrected chi connectivity index (χ0v) is 12.5. The van der Waals surface area contributed by atoms with Gasteiger partial charge < -0.3 is 16.2 Å². The summed E-state index contributed by atoms with van der Waals surface area (Å²) in [6.45, 7) is 6.38. The predicted octanol–water partition coefficient (Wildman–Crippen LogP) is 3.46. The Kier molecular flexibility index (Phi) is 3.89. The smallest absolute Gasteiger partial charge is 0.252 e. The van der Waals surface area contributed by atoms with Crippen LogP contribution in [0.25, 0.3) is 0 Å². The highest BCUT2D eigenvalue weighted by Crippen LogP contribution is 2.30. The summed E-state index contributed by atoms with van der Waals surface area (Å²) in [6, 6.07) is 12.5. The van der Waals surface area contributed by atoms with E-state index in [1.807, 2.05) is 24.3 Å². The summed E-state index contributed by atoms with van der Waals surface area (Å²) in [7, 11) is 0. The normalized spacial score (nSPS) is 11.2. The van der Waals surface area contributed by atoms with Gasteiger partial charge in [0.1, 0.15) is 11.5 Å². The first-order valence-corrected chi connectivity index (χ1v) is 6.75. The molecule has 0 heterocycles. The van der Waals surface area contributed by atoms with Crippen molar-refractivity contribution in [3.05, 3.63) is 53.6 Å². The molecule has 0 aromatic heterocycles. The van der Waals surface area contributed by atoms with Crippen LogP contribution in [-0.2, 0) is 5.41 Å². The van der Waals surface area contributed by atoms with Gasteiger partial charge in [-0.05, 0) is 35.2 Å². The molecule has 2 aromatic rings. The first-order chi connectivity index (χ1) is 9.77. The van der Waals surface area contributed by atoms with E-state index in [1.165, 1.54) is 0 Å². The van der Waals surface area contributed by atoms with E-state index in [2.05, 4.69) is 20.8 Å². The van der Waals surface area contributed by atoms with Crippen molar-refractivity contribution >= 4 is 11.6 Å². The number of carbonyl (C=O) groups excluding carboxylic acids is 1. The third-order valence-electron chi connectivity index (χ3n) is 3.20. The second kappa shape index (κ2) is 5.48. The Labute approximate surface area is 124 Å². The molecule has 4 heteroatoms. The molecule has 0 saturated carbocycles. The minimum atomic E-state index is -0.544. The second-order valence-electron chi connectivity index (χ2n) is 6.00. The summed E-state index contributed by atoms with van der Waals surface area (Å²) in [4.78, 5) is 11.5. The number of carbonyl (C=O) groups is 1. The summed E-state index contributed by atoms with van der Waals surface area (Å²) in [5.41, 5.74) is 13.1. The first-order valence-electron chi connectivity index (χ1n) is 6.75. The molecule has 0 bridgehead atoms. The number of hydrogen-bond acceptors (Lipinski definition) is 3. The minimum Gasteiger partial charge on any atom is -0.456 e. The Balaban J connectivity index is 2.39. The van der Waals surface area contributed by atoms with Gasteiger partial charge in [0, 0.05) is 11.8 Å². The fourth-order valence-electron chi connectivity index (χ4n) is 1.98. The van der Waals surface area contributed by atoms with Crippen LogP contribution in [0.5, 0.6) is 11.5 Å². The van der Waals surface area contributed by atoms with Crippen molar-refractivity contribution in [2.75, 3.05) is 5.73 Å². The molecule has 0 aliphatic rings. The topological polar surface area (TPSA) is 78.3 Å². The van der Waals surface area contributed by atoms with E-state index in [0.29, 0.717) is 22.7 Å². The predicted molar refractivity (Wildman–Crippen MR) is 84.6 cm³/mol. The van der Waals surface area contributed by atoms with Gasteiger partial charge in [0.2, 0.25) is 0 Å². The van der Waals surface area contributed by atoms with Gasteiger partial charge >= 0.3 is 0 Å². The van der Waals surface area contributed by atoms with E-state index in [4.69, 9.17) is 16.2 Å². The van der Waals surface area contributed by atoms with Crippen LogP contribution in [0, 0.1) is 0 Å². The van der Waals surface area contributed by atoms with E-state index in [0.717, 1.165) is 5.56 Å². The van der Waals surface area contributed by atoms with E-state index < -0.39 is 5.91 Å². The molecule has 2 rings (SSSR count). The lowest BCUT2D eigenvalue weighted by Gasteiger charge is -2.20. The van der Waals surface area contributed by atoms with Crippen LogP contribution in [0.4, 0.5) is 5.69 Å². The fourth-order valence-corrected chi connectivity index (χ4v) is 1.98. The van der Waals surface area contributed by atoms with E-state index in [1.54, 1.807) is 18.2 Å². The number of rotatable bonds is 3. The molecule has 0 aliphatic carbocycles. The van der Waals surface area contributed by atoms with Crippen molar-refractivity contribution in [2.45, 2.75) is 26.2 Å². The van der Waals surface area contributed by atoms with Crippen LogP contribution in [0.2, 0.25) is 0 Å². The van der Waals surface area contributed by atoms with Crippen molar-refractivity contribution in [2.24, 2.45) is 5.73 Å². The number of ether oxygens (including phenoxy) is 1. The number of primary amides is 1. The third kappa shape index (κ3) is 3.54. The summed E-state index contributed by atoms with van der Waals surface area (Å²) in [5.74, 6) is 0.473. The molecule has 21 heavy (non-hydrogen) atoms. The molecule has 4 nitrogen and oxygen atoms in total. The lowest BCUT2D eigenvalue weighted by atomic mass is 9.87. The molecule has 110 valence electrons. The fraction of sp³-hybridized carbons (Fsp3) is 0.235. The Hall–Kier alpha value is -2.49. The van der Waals surface area contributed by atoms with Crippen molar-refractivity contribution in [3.63, 3.8) is 0 Å². The van der Waals surface area contributed by atoms with Crippen LogP contribution in [0.1, 0.15) is 36.7 Å². The van der Waals surface area contributed by atoms with E-state index >= 15 is 0 Å². The number of amides is 1. The van der Waals surface area contributed by atoms with Gasteiger partial charge in [0.25, 0.3) is 5.91 Å². The molecule has 0 atom stereocenters. The Bertz CT molecular complexity index is 673. The number of anilines is 1. The molecule has 0 unspecified atom stereocenters. The quantitative estimate of drug-likeness (QED) is 0.847. The SMILES string of the molecule is CC(C)(C)c1cccc(Oc2cc(N)ccc2C(N)=O)c1. The number of hydrogen-bond donors (Lipinski definition) is 2. The summed E-state index contributed by atoms with van der Waals surface area (Å²) >= 11 is 0. The molecule has 4 N–H and O–H groups in total. The molecular weight excluding hydrogens is 264 g/mol. The van der Waals surface area contributed by atoms with Gasteiger partial charge in [0.15, 0.2) is 0 Å². The van der Waals surface area contributed by atoms with Gasteiger partial charge in [0.05, 0.1) is 5.56 Å². The summed E-state index contributed by atoms with van der Waals surface area (Å²) in [6.07, 6.45) is 0. The second-order valence-corrected chi connectivity index (χ2v) is 6.00. The molecule has 0 saturated heterocycles. The van der Waals surface area contributed by atoms with Crippen molar-refractivity contribution in [3.8, 4) is 11.5 Å². The van der Waals surface area contributed by atoms with Crippen LogP contribution in [0.3, 0.4) is 0 Å². The van der Waals surface area contributed by atoms with Gasteiger partial charge in [-0.15, -0.1) is 0 Å². The first kappa shape index (κ1) is 14.9. The highest BCUT2D eigenvalue weighted by Gasteiger charge is 2.15. The van der Waals surface area contributed by atoms with Crippen LogP contribution < -0.4 is 16.2 Å². The molecule has 1 amide bonds. The number of nitrogens with two attached hydrogens (primary N) is 2. The molecule has 0 spiro atoms. The Morgan fingerprint density at radius 3 is 2.43 bits per heavy atom. The number of benzene rings is 2. The highest BCUT2D eigenvalue weighted by atomic mass is 16.5. The van der Waals surface area contributed by atoms with Gasteiger partial charge in [-0.25, -0.2) is 0 Å². The Morgan fingerprint density at radius 1 is 1.10 bits per heavy atom. The van der Waals surface area contributed by atoms with Crippen molar-refractivity contribution < 1.29 is 9.53 Å².